The Balaban J connectivity index is 1.98. The summed E-state index contributed by atoms with van der Waals surface area (Å²) in [4.78, 5) is 1.70. The number of quaternary nitrogens is 1. The lowest BCUT2D eigenvalue weighted by atomic mass is 10.0. The van der Waals surface area contributed by atoms with E-state index in [1.54, 1.807) is 4.90 Å². The second-order valence-corrected chi connectivity index (χ2v) is 6.29. The van der Waals surface area contributed by atoms with E-state index in [1.165, 1.54) is 43.3 Å². The number of benzene rings is 1. The molecule has 0 aliphatic carbocycles. The molecule has 0 saturated carbocycles. The van der Waals surface area contributed by atoms with Crippen molar-refractivity contribution >= 4 is 23.3 Å². The number of para-hydroxylation sites is 2. The van der Waals surface area contributed by atoms with Crippen LogP contribution < -0.4 is 4.90 Å². The lowest BCUT2D eigenvalue weighted by molar-refractivity contribution is -0.952. The molecule has 3 rings (SSSR count). The number of fused-ring (bicyclic) bond motifs is 1. The number of rotatable bonds is 3. The first-order valence-corrected chi connectivity index (χ1v) is 8.12. The average molecular weight is 290 g/mol. The summed E-state index contributed by atoms with van der Waals surface area (Å²) in [5.74, 6) is 0. The van der Waals surface area contributed by atoms with Gasteiger partial charge in [0, 0.05) is 7.05 Å². The van der Waals surface area contributed by atoms with Gasteiger partial charge in [-0.1, -0.05) is 19.1 Å². The number of aryl methyl sites for hydroxylation is 1. The zero-order chi connectivity index (χ0) is 14.1. The lowest BCUT2D eigenvalue weighted by Crippen LogP contribution is -3.15. The third-order valence-corrected chi connectivity index (χ3v) is 5.28. The summed E-state index contributed by atoms with van der Waals surface area (Å²) in [6, 6.07) is 9.34. The van der Waals surface area contributed by atoms with Crippen molar-refractivity contribution in [3.63, 3.8) is 0 Å². The molecule has 0 amide bonds. The van der Waals surface area contributed by atoms with Gasteiger partial charge in [-0.2, -0.15) is 0 Å². The van der Waals surface area contributed by atoms with Gasteiger partial charge in [-0.05, 0) is 50.0 Å². The van der Waals surface area contributed by atoms with Crippen LogP contribution in [0.15, 0.2) is 24.3 Å². The highest BCUT2D eigenvalue weighted by Gasteiger charge is 2.25. The van der Waals surface area contributed by atoms with Crippen molar-refractivity contribution in [2.24, 2.45) is 7.05 Å². The van der Waals surface area contributed by atoms with Gasteiger partial charge in [0.15, 0.2) is 11.4 Å². The predicted molar refractivity (Wildman–Crippen MR) is 85.5 cm³/mol. The van der Waals surface area contributed by atoms with Crippen molar-refractivity contribution in [1.82, 2.24) is 9.13 Å². The van der Waals surface area contributed by atoms with E-state index in [4.69, 9.17) is 12.2 Å². The molecule has 1 aliphatic rings. The number of nitrogens with one attached hydrogen (secondary N) is 1. The summed E-state index contributed by atoms with van der Waals surface area (Å²) in [7, 11) is 2.07. The molecule has 1 unspecified atom stereocenters. The van der Waals surface area contributed by atoms with E-state index < -0.39 is 0 Å². The fraction of sp³-hybridized carbons (Fsp3) is 0.562. The van der Waals surface area contributed by atoms with Crippen molar-refractivity contribution in [3.05, 3.63) is 29.0 Å². The van der Waals surface area contributed by atoms with Gasteiger partial charge in [0.05, 0.1) is 23.6 Å². The molecule has 108 valence electrons. The zero-order valence-electron chi connectivity index (χ0n) is 12.4. The number of nitrogens with zero attached hydrogens (tertiary/aromatic N) is 2. The maximum atomic E-state index is 5.65. The fourth-order valence-corrected chi connectivity index (χ4v) is 3.83. The third kappa shape index (κ3) is 2.31. The molecule has 2 atom stereocenters. The van der Waals surface area contributed by atoms with Crippen LogP contribution in [0.2, 0.25) is 0 Å². The Kier molecular flexibility index (Phi) is 3.94. The summed E-state index contributed by atoms with van der Waals surface area (Å²) < 4.78 is 5.40. The fourth-order valence-electron chi connectivity index (χ4n) is 3.57. The summed E-state index contributed by atoms with van der Waals surface area (Å²) >= 11 is 5.65. The summed E-state index contributed by atoms with van der Waals surface area (Å²) in [6.45, 7) is 4.61. The molecule has 2 heterocycles. The van der Waals surface area contributed by atoms with Crippen LogP contribution in [0.3, 0.4) is 0 Å². The van der Waals surface area contributed by atoms with Crippen molar-refractivity contribution in [2.75, 3.05) is 6.54 Å². The van der Waals surface area contributed by atoms with Crippen molar-refractivity contribution in [1.29, 1.82) is 0 Å². The number of aromatic nitrogens is 2. The van der Waals surface area contributed by atoms with Crippen LogP contribution in [0, 0.1) is 4.77 Å². The van der Waals surface area contributed by atoms with E-state index in [0.29, 0.717) is 0 Å². The van der Waals surface area contributed by atoms with E-state index in [9.17, 15) is 0 Å². The van der Waals surface area contributed by atoms with E-state index in [0.717, 1.165) is 17.5 Å². The smallest absolute Gasteiger partial charge is 0.184 e. The molecular formula is C16H24N3S+. The number of hydrogen-bond acceptors (Lipinski definition) is 1. The molecule has 1 saturated heterocycles. The van der Waals surface area contributed by atoms with Crippen LogP contribution in [-0.2, 0) is 13.7 Å². The van der Waals surface area contributed by atoms with E-state index in [2.05, 4.69) is 47.4 Å². The van der Waals surface area contributed by atoms with Gasteiger partial charge in [-0.25, -0.2) is 0 Å². The maximum absolute atomic E-state index is 5.65. The van der Waals surface area contributed by atoms with Crippen LogP contribution in [0.4, 0.5) is 0 Å². The Morgan fingerprint density at radius 1 is 1.25 bits per heavy atom. The highest BCUT2D eigenvalue weighted by molar-refractivity contribution is 7.71. The van der Waals surface area contributed by atoms with E-state index in [-0.39, 0.29) is 0 Å². The van der Waals surface area contributed by atoms with Gasteiger partial charge < -0.3 is 9.47 Å². The third-order valence-electron chi connectivity index (χ3n) is 4.78. The van der Waals surface area contributed by atoms with Gasteiger partial charge in [0.2, 0.25) is 0 Å². The molecule has 1 aliphatic heterocycles. The van der Waals surface area contributed by atoms with E-state index >= 15 is 0 Å². The Bertz CT molecular complexity index is 655. The SMILES string of the molecule is CC[C@H]1CCCC[NH+]1Cn1c(=S)n(C)c2ccccc21. The van der Waals surface area contributed by atoms with Crippen LogP contribution in [-0.4, -0.2) is 21.7 Å². The minimum Gasteiger partial charge on any atom is -0.320 e. The van der Waals surface area contributed by atoms with E-state index in [1.807, 2.05) is 0 Å². The summed E-state index contributed by atoms with van der Waals surface area (Å²) in [6.07, 6.45) is 5.38. The average Bonchev–Trinajstić information content (AvgIpc) is 2.73. The topological polar surface area (TPSA) is 14.3 Å². The number of imidazole rings is 1. The van der Waals surface area contributed by atoms with Crippen LogP contribution in [0.5, 0.6) is 0 Å². The second kappa shape index (κ2) is 5.70. The molecule has 1 fully saturated rings. The molecule has 1 aromatic carbocycles. The van der Waals surface area contributed by atoms with Crippen molar-refractivity contribution < 1.29 is 4.90 Å². The highest BCUT2D eigenvalue weighted by Crippen LogP contribution is 2.16. The molecule has 2 aromatic rings. The second-order valence-electron chi connectivity index (χ2n) is 5.93. The molecule has 3 nitrogen and oxygen atoms in total. The minimum absolute atomic E-state index is 0.796. The lowest BCUT2D eigenvalue weighted by Gasteiger charge is -2.32. The van der Waals surface area contributed by atoms with Crippen molar-refractivity contribution in [2.45, 2.75) is 45.3 Å². The Hall–Kier alpha value is -1.13. The van der Waals surface area contributed by atoms with Crippen LogP contribution in [0.25, 0.3) is 11.0 Å². The molecular weight excluding hydrogens is 266 g/mol. The summed E-state index contributed by atoms with van der Waals surface area (Å²) in [5, 5.41) is 0. The predicted octanol–water partition coefficient (Wildman–Crippen LogP) is 2.51. The molecule has 0 bridgehead atoms. The normalized spacial score (nSPS) is 23.3. The van der Waals surface area contributed by atoms with Gasteiger partial charge in [0.1, 0.15) is 0 Å². The van der Waals surface area contributed by atoms with Gasteiger partial charge in [-0.3, -0.25) is 4.57 Å². The van der Waals surface area contributed by atoms with Crippen LogP contribution in [0.1, 0.15) is 32.6 Å². The molecule has 0 spiro atoms. The monoisotopic (exact) mass is 290 g/mol. The van der Waals surface area contributed by atoms with Gasteiger partial charge in [-0.15, -0.1) is 0 Å². The first-order chi connectivity index (χ1) is 9.72. The molecule has 4 heteroatoms. The zero-order valence-corrected chi connectivity index (χ0v) is 13.2. The minimum atomic E-state index is 0.796. The van der Waals surface area contributed by atoms with Crippen molar-refractivity contribution in [3.8, 4) is 0 Å². The first-order valence-electron chi connectivity index (χ1n) is 7.71. The standard InChI is InChI=1S/C16H23N3S/c1-3-13-8-6-7-11-18(13)12-19-15-10-5-4-9-14(15)17(2)16(19)20/h4-5,9-10,13H,3,6-8,11-12H2,1-2H3/p+1/t13-/m0/s1. The van der Waals surface area contributed by atoms with Crippen LogP contribution >= 0.6 is 12.2 Å². The maximum Gasteiger partial charge on any atom is 0.184 e. The largest absolute Gasteiger partial charge is 0.320 e. The number of hydrogen-bond donors (Lipinski definition) is 1. The highest BCUT2D eigenvalue weighted by atomic mass is 32.1. The van der Waals surface area contributed by atoms with Gasteiger partial charge >= 0.3 is 0 Å². The first kappa shape index (κ1) is 13.8. The molecule has 0 radical (unpaired) electrons. The Morgan fingerprint density at radius 2 is 2.00 bits per heavy atom. The Morgan fingerprint density at radius 3 is 2.75 bits per heavy atom. The summed E-state index contributed by atoms with van der Waals surface area (Å²) in [5.41, 5.74) is 2.51. The molecule has 1 aromatic heterocycles. The molecule has 1 N–H and O–H groups in total. The Labute approximate surface area is 125 Å². The van der Waals surface area contributed by atoms with Gasteiger partial charge in [0.25, 0.3) is 0 Å². The molecule has 20 heavy (non-hydrogen) atoms. The quantitative estimate of drug-likeness (QED) is 0.858. The number of piperidine rings is 1. The number of likely N-dealkylation sites (tertiary alicyclic amines) is 1.